The van der Waals surface area contributed by atoms with Gasteiger partial charge in [-0.1, -0.05) is 49.9 Å². The van der Waals surface area contributed by atoms with Gasteiger partial charge in [-0.3, -0.25) is 9.36 Å². The number of carbonyl (C=O) groups is 1. The fourth-order valence-corrected chi connectivity index (χ4v) is 4.10. The lowest BCUT2D eigenvalue weighted by atomic mass is 10.0. The Kier molecular flexibility index (Phi) is 8.61. The number of halogens is 3. The van der Waals surface area contributed by atoms with Crippen molar-refractivity contribution in [2.45, 2.75) is 51.2 Å². The number of benzene rings is 2. The van der Waals surface area contributed by atoms with Gasteiger partial charge in [0.25, 0.3) is 0 Å². The first-order chi connectivity index (χ1) is 16.6. The zero-order valence-electron chi connectivity index (χ0n) is 19.7. The van der Waals surface area contributed by atoms with Crippen LogP contribution in [0.3, 0.4) is 0 Å². The second kappa shape index (κ2) is 11.4. The fraction of sp³-hybridized carbons (Fsp3) is 0.320. The van der Waals surface area contributed by atoms with Crippen LogP contribution in [0.25, 0.3) is 0 Å². The van der Waals surface area contributed by atoms with E-state index in [1.165, 1.54) is 12.1 Å². The predicted molar refractivity (Wildman–Crippen MR) is 131 cm³/mol. The van der Waals surface area contributed by atoms with Crippen LogP contribution in [0.4, 0.5) is 18.9 Å². The van der Waals surface area contributed by atoms with Gasteiger partial charge in [-0.2, -0.15) is 13.2 Å². The Morgan fingerprint density at radius 1 is 1.23 bits per heavy atom. The van der Waals surface area contributed by atoms with Gasteiger partial charge in [-0.25, -0.2) is 0 Å². The Morgan fingerprint density at radius 3 is 2.69 bits per heavy atom. The van der Waals surface area contributed by atoms with E-state index in [0.29, 0.717) is 17.5 Å². The van der Waals surface area contributed by atoms with E-state index in [0.717, 1.165) is 40.8 Å². The van der Waals surface area contributed by atoms with Crippen LogP contribution in [0.5, 0.6) is 5.75 Å². The van der Waals surface area contributed by atoms with Gasteiger partial charge < -0.3 is 10.1 Å². The van der Waals surface area contributed by atoms with Crippen molar-refractivity contribution in [3.8, 4) is 5.75 Å². The van der Waals surface area contributed by atoms with Crippen LogP contribution < -0.4 is 10.1 Å². The molecule has 0 aliphatic rings. The average Bonchev–Trinajstić information content (AvgIpc) is 3.17. The van der Waals surface area contributed by atoms with Gasteiger partial charge in [-0.15, -0.1) is 16.8 Å². The Labute approximate surface area is 206 Å². The molecule has 0 fully saturated rings. The lowest BCUT2D eigenvalue weighted by molar-refractivity contribution is -0.137. The number of nitrogens with one attached hydrogen (secondary N) is 1. The molecule has 6 nitrogen and oxygen atoms in total. The molecule has 1 amide bonds. The Bertz CT molecular complexity index is 1190. The molecule has 0 aliphatic carbocycles. The van der Waals surface area contributed by atoms with Crippen LogP contribution in [-0.4, -0.2) is 26.4 Å². The standard InChI is InChI=1S/C25H27F3N4O2S/c1-5-11-32-22(14-34-21-12-17(4)9-10-20(21)16(2)3)30-31-24(32)35-15-23(33)29-19-8-6-7-18(13-19)25(26,27)28/h5-10,12-13,16H,1,11,14-15H2,2-4H3,(H,29,33). The van der Waals surface area contributed by atoms with E-state index in [9.17, 15) is 18.0 Å². The van der Waals surface area contributed by atoms with Crippen molar-refractivity contribution in [1.82, 2.24) is 14.8 Å². The van der Waals surface area contributed by atoms with Crippen molar-refractivity contribution in [2.24, 2.45) is 0 Å². The molecule has 2 aromatic carbocycles. The maximum Gasteiger partial charge on any atom is 0.416 e. The van der Waals surface area contributed by atoms with Crippen molar-refractivity contribution in [3.05, 3.63) is 77.6 Å². The molecule has 0 unspecified atom stereocenters. The molecule has 1 heterocycles. The van der Waals surface area contributed by atoms with Crippen LogP contribution >= 0.6 is 11.8 Å². The van der Waals surface area contributed by atoms with Gasteiger partial charge in [0.05, 0.1) is 11.3 Å². The van der Waals surface area contributed by atoms with Crippen LogP contribution in [0, 0.1) is 6.92 Å². The lowest BCUT2D eigenvalue weighted by Gasteiger charge is -2.15. The third kappa shape index (κ3) is 7.11. The number of thioether (sulfide) groups is 1. The van der Waals surface area contributed by atoms with E-state index in [1.807, 2.05) is 25.1 Å². The summed E-state index contributed by atoms with van der Waals surface area (Å²) in [5.41, 5.74) is 1.42. The molecule has 186 valence electrons. The average molecular weight is 505 g/mol. The molecule has 0 radical (unpaired) electrons. The van der Waals surface area contributed by atoms with E-state index >= 15 is 0 Å². The summed E-state index contributed by atoms with van der Waals surface area (Å²) in [6.45, 7) is 10.5. The second-order valence-corrected chi connectivity index (χ2v) is 9.14. The number of ether oxygens (including phenoxy) is 1. The molecule has 0 saturated heterocycles. The number of hydrogen-bond donors (Lipinski definition) is 1. The number of rotatable bonds is 10. The summed E-state index contributed by atoms with van der Waals surface area (Å²) < 4.78 is 46.5. The summed E-state index contributed by atoms with van der Waals surface area (Å²) in [5.74, 6) is 1.13. The first kappa shape index (κ1) is 26.3. The van der Waals surface area contributed by atoms with E-state index in [-0.39, 0.29) is 24.0 Å². The van der Waals surface area contributed by atoms with Gasteiger partial charge in [0.2, 0.25) is 5.91 Å². The lowest BCUT2D eigenvalue weighted by Crippen LogP contribution is -2.16. The van der Waals surface area contributed by atoms with E-state index in [1.54, 1.807) is 10.6 Å². The number of aryl methyl sites for hydroxylation is 1. The molecule has 35 heavy (non-hydrogen) atoms. The fourth-order valence-electron chi connectivity index (χ4n) is 3.33. The predicted octanol–water partition coefficient (Wildman–Crippen LogP) is 6.22. The highest BCUT2D eigenvalue weighted by atomic mass is 32.2. The molecule has 3 rings (SSSR count). The largest absolute Gasteiger partial charge is 0.485 e. The summed E-state index contributed by atoms with van der Waals surface area (Å²) in [4.78, 5) is 12.4. The summed E-state index contributed by atoms with van der Waals surface area (Å²) in [5, 5.41) is 11.3. The monoisotopic (exact) mass is 504 g/mol. The molecular weight excluding hydrogens is 477 g/mol. The number of amides is 1. The zero-order valence-corrected chi connectivity index (χ0v) is 20.5. The Morgan fingerprint density at radius 2 is 2.00 bits per heavy atom. The number of aromatic nitrogens is 3. The molecule has 0 bridgehead atoms. The molecule has 0 atom stereocenters. The van der Waals surface area contributed by atoms with Gasteiger partial charge in [-0.05, 0) is 48.2 Å². The normalized spacial score (nSPS) is 11.5. The molecule has 3 aromatic rings. The van der Waals surface area contributed by atoms with Crippen LogP contribution in [0.15, 0.2) is 60.3 Å². The summed E-state index contributed by atoms with van der Waals surface area (Å²) >= 11 is 1.13. The Hall–Kier alpha value is -3.27. The molecule has 0 saturated carbocycles. The number of anilines is 1. The van der Waals surface area contributed by atoms with Crippen LogP contribution in [0.1, 0.15) is 42.3 Å². The summed E-state index contributed by atoms with van der Waals surface area (Å²) in [7, 11) is 0. The highest BCUT2D eigenvalue weighted by molar-refractivity contribution is 7.99. The summed E-state index contributed by atoms with van der Waals surface area (Å²) in [6.07, 6.45) is -2.80. The van der Waals surface area contributed by atoms with Gasteiger partial charge >= 0.3 is 6.18 Å². The van der Waals surface area contributed by atoms with Crippen molar-refractivity contribution in [3.63, 3.8) is 0 Å². The third-order valence-corrected chi connectivity index (χ3v) is 6.03. The van der Waals surface area contributed by atoms with Crippen molar-refractivity contribution in [1.29, 1.82) is 0 Å². The van der Waals surface area contributed by atoms with Gasteiger partial charge in [0, 0.05) is 12.2 Å². The van der Waals surface area contributed by atoms with E-state index < -0.39 is 17.6 Å². The minimum Gasteiger partial charge on any atom is -0.485 e. The smallest absolute Gasteiger partial charge is 0.416 e. The zero-order chi connectivity index (χ0) is 25.6. The highest BCUT2D eigenvalue weighted by Gasteiger charge is 2.30. The van der Waals surface area contributed by atoms with Crippen LogP contribution in [-0.2, 0) is 24.1 Å². The Balaban J connectivity index is 1.66. The van der Waals surface area contributed by atoms with Gasteiger partial charge in [0.1, 0.15) is 12.4 Å². The molecule has 1 aromatic heterocycles. The number of allylic oxidation sites excluding steroid dienone is 1. The maximum atomic E-state index is 12.9. The minimum atomic E-state index is -4.48. The van der Waals surface area contributed by atoms with Crippen LogP contribution in [0.2, 0.25) is 0 Å². The first-order valence-electron chi connectivity index (χ1n) is 10.9. The number of alkyl halides is 3. The van der Waals surface area contributed by atoms with Crippen molar-refractivity contribution >= 4 is 23.4 Å². The third-order valence-electron chi connectivity index (χ3n) is 5.06. The number of carbonyl (C=O) groups excluding carboxylic acids is 1. The molecule has 1 N–H and O–H groups in total. The topological polar surface area (TPSA) is 69.0 Å². The molecular formula is C25H27F3N4O2S. The SMILES string of the molecule is C=CCn1c(COc2cc(C)ccc2C(C)C)nnc1SCC(=O)Nc1cccc(C(F)(F)F)c1. The second-order valence-electron chi connectivity index (χ2n) is 8.20. The summed E-state index contributed by atoms with van der Waals surface area (Å²) in [6, 6.07) is 10.6. The molecule has 10 heteroatoms. The van der Waals surface area contributed by atoms with Crippen molar-refractivity contribution in [2.75, 3.05) is 11.1 Å². The van der Waals surface area contributed by atoms with E-state index in [4.69, 9.17) is 4.74 Å². The number of hydrogen-bond acceptors (Lipinski definition) is 5. The molecule has 0 aliphatic heterocycles. The van der Waals surface area contributed by atoms with Gasteiger partial charge in [0.15, 0.2) is 11.0 Å². The first-order valence-corrected chi connectivity index (χ1v) is 11.9. The maximum absolute atomic E-state index is 12.9. The molecule has 0 spiro atoms. The van der Waals surface area contributed by atoms with Crippen molar-refractivity contribution < 1.29 is 22.7 Å². The minimum absolute atomic E-state index is 0.0538. The van der Waals surface area contributed by atoms with E-state index in [2.05, 4.69) is 35.9 Å². The quantitative estimate of drug-likeness (QED) is 0.262. The number of nitrogens with zero attached hydrogens (tertiary/aromatic N) is 3. The highest BCUT2D eigenvalue weighted by Crippen LogP contribution is 2.31.